The molecule has 2 fully saturated rings. The number of benzene rings is 1. The summed E-state index contributed by atoms with van der Waals surface area (Å²) < 4.78 is 0. The van der Waals surface area contributed by atoms with E-state index in [1.807, 2.05) is 30.3 Å². The standard InChI is InChI=1S/C20H26N4O3S/c25-17-11-16(13-24(17)12-14-7-3-1-4-8-14)19(27)22-23-20(28)21-18(26)15-9-5-2-6-10-15/h1,3-4,7-8,15-16H,2,5-6,9-13H2,(H,22,27)(H2,21,23,26,28). The van der Waals surface area contributed by atoms with Crippen LogP contribution in [-0.2, 0) is 20.9 Å². The van der Waals surface area contributed by atoms with Gasteiger partial charge in [-0.2, -0.15) is 0 Å². The zero-order valence-electron chi connectivity index (χ0n) is 15.8. The van der Waals surface area contributed by atoms with Gasteiger partial charge < -0.3 is 10.2 Å². The van der Waals surface area contributed by atoms with E-state index in [9.17, 15) is 14.4 Å². The number of thiocarbonyl (C=S) groups is 1. The lowest BCUT2D eigenvalue weighted by molar-refractivity contribution is -0.129. The zero-order valence-corrected chi connectivity index (χ0v) is 16.6. The van der Waals surface area contributed by atoms with Crippen LogP contribution in [0.4, 0.5) is 0 Å². The summed E-state index contributed by atoms with van der Waals surface area (Å²) in [6.45, 7) is 0.856. The Morgan fingerprint density at radius 3 is 2.43 bits per heavy atom. The van der Waals surface area contributed by atoms with E-state index in [2.05, 4.69) is 16.2 Å². The first kappa shape index (κ1) is 20.3. The second-order valence-electron chi connectivity index (χ2n) is 7.43. The molecule has 0 aromatic heterocycles. The molecule has 1 aromatic rings. The Morgan fingerprint density at radius 2 is 1.71 bits per heavy atom. The van der Waals surface area contributed by atoms with Crippen molar-refractivity contribution >= 4 is 35.1 Å². The summed E-state index contributed by atoms with van der Waals surface area (Å²) in [5.41, 5.74) is 6.12. The Morgan fingerprint density at radius 1 is 1.00 bits per heavy atom. The molecule has 3 rings (SSSR count). The number of hydrogen-bond acceptors (Lipinski definition) is 4. The van der Waals surface area contributed by atoms with Gasteiger partial charge in [0.05, 0.1) is 5.92 Å². The van der Waals surface area contributed by atoms with Gasteiger partial charge in [-0.3, -0.25) is 25.2 Å². The van der Waals surface area contributed by atoms with Crippen LogP contribution in [0.1, 0.15) is 44.1 Å². The number of hydrogen-bond donors (Lipinski definition) is 3. The van der Waals surface area contributed by atoms with Crippen LogP contribution in [0.25, 0.3) is 0 Å². The average Bonchev–Trinajstić information content (AvgIpc) is 3.08. The smallest absolute Gasteiger partial charge is 0.243 e. The quantitative estimate of drug-likeness (QED) is 0.526. The summed E-state index contributed by atoms with van der Waals surface area (Å²) in [5, 5.41) is 2.71. The van der Waals surface area contributed by atoms with Crippen LogP contribution in [0, 0.1) is 11.8 Å². The van der Waals surface area contributed by atoms with Gasteiger partial charge in [0.2, 0.25) is 17.7 Å². The molecule has 3 amide bonds. The van der Waals surface area contributed by atoms with Gasteiger partial charge in [-0.25, -0.2) is 0 Å². The molecule has 1 heterocycles. The maximum atomic E-state index is 12.4. The highest BCUT2D eigenvalue weighted by molar-refractivity contribution is 7.80. The maximum absolute atomic E-state index is 12.4. The minimum atomic E-state index is -0.444. The highest BCUT2D eigenvalue weighted by atomic mass is 32.1. The summed E-state index contributed by atoms with van der Waals surface area (Å²) in [4.78, 5) is 38.4. The predicted molar refractivity (Wildman–Crippen MR) is 109 cm³/mol. The molecule has 1 aliphatic heterocycles. The molecule has 1 saturated heterocycles. The lowest BCUT2D eigenvalue weighted by Gasteiger charge is -2.21. The fourth-order valence-electron chi connectivity index (χ4n) is 3.73. The molecule has 0 spiro atoms. The number of hydrazine groups is 1. The van der Waals surface area contributed by atoms with Crippen molar-refractivity contribution < 1.29 is 14.4 Å². The zero-order chi connectivity index (χ0) is 19.9. The number of nitrogens with zero attached hydrogens (tertiary/aromatic N) is 1. The SMILES string of the molecule is O=C(NNC(=S)NC(=O)C1CCCCC1)C1CC(=O)N(Cc2ccccc2)C1. The minimum Gasteiger partial charge on any atom is -0.338 e. The van der Waals surface area contributed by atoms with Crippen molar-refractivity contribution in [1.82, 2.24) is 21.1 Å². The monoisotopic (exact) mass is 402 g/mol. The van der Waals surface area contributed by atoms with Crippen molar-refractivity contribution in [2.75, 3.05) is 6.54 Å². The van der Waals surface area contributed by atoms with Crippen molar-refractivity contribution in [2.24, 2.45) is 11.8 Å². The van der Waals surface area contributed by atoms with Crippen molar-refractivity contribution in [3.63, 3.8) is 0 Å². The molecule has 1 aromatic carbocycles. The molecule has 1 atom stereocenters. The van der Waals surface area contributed by atoms with Crippen LogP contribution in [0.3, 0.4) is 0 Å². The number of amides is 3. The van der Waals surface area contributed by atoms with E-state index < -0.39 is 5.92 Å². The summed E-state index contributed by atoms with van der Waals surface area (Å²) >= 11 is 5.09. The van der Waals surface area contributed by atoms with Crippen molar-refractivity contribution in [3.8, 4) is 0 Å². The molecule has 0 bridgehead atoms. The van der Waals surface area contributed by atoms with Crippen LogP contribution in [0.5, 0.6) is 0 Å². The lowest BCUT2D eigenvalue weighted by atomic mass is 9.89. The summed E-state index contributed by atoms with van der Waals surface area (Å²) in [5.74, 6) is -0.907. The van der Waals surface area contributed by atoms with E-state index in [0.29, 0.717) is 13.1 Å². The molecule has 1 aliphatic carbocycles. The molecule has 8 heteroatoms. The van der Waals surface area contributed by atoms with Crippen molar-refractivity contribution in [3.05, 3.63) is 35.9 Å². The molecular weight excluding hydrogens is 376 g/mol. The molecule has 0 radical (unpaired) electrons. The fraction of sp³-hybridized carbons (Fsp3) is 0.500. The van der Waals surface area contributed by atoms with Gasteiger partial charge in [0.1, 0.15) is 0 Å². The number of carbonyl (C=O) groups is 3. The lowest BCUT2D eigenvalue weighted by Crippen LogP contribution is -2.51. The Bertz CT molecular complexity index is 734. The van der Waals surface area contributed by atoms with E-state index in [0.717, 1.165) is 31.2 Å². The van der Waals surface area contributed by atoms with Gasteiger partial charge in [-0.1, -0.05) is 49.6 Å². The molecule has 28 heavy (non-hydrogen) atoms. The molecule has 1 unspecified atom stereocenters. The van der Waals surface area contributed by atoms with Gasteiger partial charge >= 0.3 is 0 Å². The van der Waals surface area contributed by atoms with E-state index in [1.165, 1.54) is 6.42 Å². The summed E-state index contributed by atoms with van der Waals surface area (Å²) in [7, 11) is 0. The highest BCUT2D eigenvalue weighted by Crippen LogP contribution is 2.23. The maximum Gasteiger partial charge on any atom is 0.243 e. The van der Waals surface area contributed by atoms with Crippen LogP contribution in [0.15, 0.2) is 30.3 Å². The van der Waals surface area contributed by atoms with E-state index >= 15 is 0 Å². The molecular formula is C20H26N4O3S. The first-order chi connectivity index (χ1) is 13.5. The molecule has 150 valence electrons. The largest absolute Gasteiger partial charge is 0.338 e. The van der Waals surface area contributed by atoms with Gasteiger partial charge in [-0.05, 0) is 30.6 Å². The number of rotatable bonds is 4. The first-order valence-electron chi connectivity index (χ1n) is 9.75. The van der Waals surface area contributed by atoms with Crippen LogP contribution in [-0.4, -0.2) is 34.3 Å². The summed E-state index contributed by atoms with van der Waals surface area (Å²) in [6.07, 6.45) is 5.21. The topological polar surface area (TPSA) is 90.5 Å². The second-order valence-corrected chi connectivity index (χ2v) is 7.84. The Kier molecular flexibility index (Phi) is 6.97. The Labute approximate surface area is 170 Å². The van der Waals surface area contributed by atoms with Gasteiger partial charge in [0.25, 0.3) is 0 Å². The molecule has 2 aliphatic rings. The minimum absolute atomic E-state index is 0.0109. The van der Waals surface area contributed by atoms with Crippen molar-refractivity contribution in [1.29, 1.82) is 0 Å². The van der Waals surface area contributed by atoms with Gasteiger partial charge in [0.15, 0.2) is 5.11 Å². The normalized spacial score (nSPS) is 19.9. The Balaban J connectivity index is 1.41. The summed E-state index contributed by atoms with van der Waals surface area (Å²) in [6, 6.07) is 9.68. The Hall–Kier alpha value is -2.48. The third kappa shape index (κ3) is 5.51. The van der Waals surface area contributed by atoms with Crippen LogP contribution < -0.4 is 16.2 Å². The second kappa shape index (κ2) is 9.64. The molecule has 7 nitrogen and oxygen atoms in total. The number of likely N-dealkylation sites (tertiary alicyclic amines) is 1. The van der Waals surface area contributed by atoms with Crippen LogP contribution in [0.2, 0.25) is 0 Å². The van der Waals surface area contributed by atoms with Gasteiger partial charge in [0, 0.05) is 25.4 Å². The first-order valence-corrected chi connectivity index (χ1v) is 10.2. The molecule has 1 saturated carbocycles. The average molecular weight is 403 g/mol. The third-order valence-electron chi connectivity index (χ3n) is 5.31. The van der Waals surface area contributed by atoms with E-state index in [1.54, 1.807) is 4.90 Å². The van der Waals surface area contributed by atoms with Gasteiger partial charge in [-0.15, -0.1) is 0 Å². The third-order valence-corrected chi connectivity index (χ3v) is 5.52. The number of carbonyl (C=O) groups excluding carboxylic acids is 3. The van der Waals surface area contributed by atoms with Crippen LogP contribution >= 0.6 is 12.2 Å². The fourth-order valence-corrected chi connectivity index (χ4v) is 3.89. The van der Waals surface area contributed by atoms with Crippen molar-refractivity contribution in [2.45, 2.75) is 45.1 Å². The predicted octanol–water partition coefficient (Wildman–Crippen LogP) is 1.64. The van der Waals surface area contributed by atoms with E-state index in [-0.39, 0.29) is 35.2 Å². The number of nitrogens with one attached hydrogen (secondary N) is 3. The highest BCUT2D eigenvalue weighted by Gasteiger charge is 2.34. The molecule has 3 N–H and O–H groups in total. The van der Waals surface area contributed by atoms with E-state index in [4.69, 9.17) is 12.2 Å².